The highest BCUT2D eigenvalue weighted by Crippen LogP contribution is 2.34. The fraction of sp³-hybridized carbons (Fsp3) is 0.684. The van der Waals surface area contributed by atoms with E-state index in [0.29, 0.717) is 0 Å². The molecule has 0 saturated heterocycles. The number of hydrogen-bond donors (Lipinski definition) is 0. The zero-order chi connectivity index (χ0) is 22.6. The number of esters is 4. The first-order chi connectivity index (χ1) is 13.2. The summed E-state index contributed by atoms with van der Waals surface area (Å²) in [5.41, 5.74) is -3.69. The molecule has 10 heteroatoms. The molecule has 0 aliphatic carbocycles. The van der Waals surface area contributed by atoms with Gasteiger partial charge in [0.25, 0.3) is 0 Å². The lowest BCUT2D eigenvalue weighted by Crippen LogP contribution is -2.35. The third-order valence-corrected chi connectivity index (χ3v) is 4.25. The van der Waals surface area contributed by atoms with Crippen LogP contribution in [-0.4, -0.2) is 56.8 Å². The van der Waals surface area contributed by atoms with Gasteiger partial charge in [-0.2, -0.15) is 5.11 Å². The smallest absolute Gasteiger partial charge is 0.359 e. The van der Waals surface area contributed by atoms with Gasteiger partial charge in [0.1, 0.15) is 24.3 Å². The van der Waals surface area contributed by atoms with Gasteiger partial charge in [0.2, 0.25) is 0 Å². The van der Waals surface area contributed by atoms with Crippen LogP contribution < -0.4 is 0 Å². The Balaban J connectivity index is 3.00. The standard InChI is InChI=1S/C19H28N2O8/c1-17(2,15(24)26-7)9-28-13(22)11-12(20-21-19(11,5)6)14(23)29-10-18(3,4)16(25)27-8/h9-10H2,1-8H3. The van der Waals surface area contributed by atoms with Gasteiger partial charge in [0.15, 0.2) is 5.70 Å². The van der Waals surface area contributed by atoms with Crippen LogP contribution in [0.2, 0.25) is 0 Å². The van der Waals surface area contributed by atoms with Gasteiger partial charge in [-0.05, 0) is 41.5 Å². The molecule has 0 radical (unpaired) electrons. The Morgan fingerprint density at radius 1 is 0.828 bits per heavy atom. The van der Waals surface area contributed by atoms with Gasteiger partial charge in [0, 0.05) is 0 Å². The first kappa shape index (κ1) is 24.3. The number of methoxy groups -OCH3 is 2. The van der Waals surface area contributed by atoms with Crippen molar-refractivity contribution in [2.24, 2.45) is 21.1 Å². The predicted octanol–water partition coefficient (Wildman–Crippen LogP) is 1.97. The summed E-state index contributed by atoms with van der Waals surface area (Å²) in [5.74, 6) is -2.88. The summed E-state index contributed by atoms with van der Waals surface area (Å²) in [4.78, 5) is 48.6. The summed E-state index contributed by atoms with van der Waals surface area (Å²) in [5, 5.41) is 7.70. The molecule has 0 amide bonds. The summed E-state index contributed by atoms with van der Waals surface area (Å²) in [6.45, 7) is 8.81. The minimum Gasteiger partial charge on any atom is -0.469 e. The van der Waals surface area contributed by atoms with E-state index in [4.69, 9.17) is 9.47 Å². The molecule has 0 atom stereocenters. The van der Waals surface area contributed by atoms with Crippen LogP contribution in [0.3, 0.4) is 0 Å². The lowest BCUT2D eigenvalue weighted by molar-refractivity contribution is -0.160. The molecular weight excluding hydrogens is 384 g/mol. The van der Waals surface area contributed by atoms with E-state index in [1.165, 1.54) is 14.2 Å². The van der Waals surface area contributed by atoms with Crippen molar-refractivity contribution in [3.63, 3.8) is 0 Å². The molecule has 0 N–H and O–H groups in total. The Kier molecular flexibility index (Phi) is 7.28. The van der Waals surface area contributed by atoms with E-state index in [1.807, 2.05) is 0 Å². The zero-order valence-electron chi connectivity index (χ0n) is 18.1. The molecule has 1 heterocycles. The van der Waals surface area contributed by atoms with Crippen LogP contribution in [0.15, 0.2) is 21.5 Å². The number of ether oxygens (including phenoxy) is 4. The van der Waals surface area contributed by atoms with Crippen LogP contribution in [0.25, 0.3) is 0 Å². The maximum atomic E-state index is 12.7. The second-order valence-corrected chi connectivity index (χ2v) is 8.39. The summed E-state index contributed by atoms with van der Waals surface area (Å²) in [6.07, 6.45) is 0. The molecule has 0 saturated carbocycles. The van der Waals surface area contributed by atoms with E-state index >= 15 is 0 Å². The number of azo groups is 1. The third kappa shape index (κ3) is 5.61. The largest absolute Gasteiger partial charge is 0.469 e. The molecule has 0 fully saturated rings. The van der Waals surface area contributed by atoms with Crippen LogP contribution in [-0.2, 0) is 38.1 Å². The lowest BCUT2D eigenvalue weighted by atomic mass is 9.93. The molecule has 0 aromatic rings. The highest BCUT2D eigenvalue weighted by Gasteiger charge is 2.42. The average Bonchev–Trinajstić information content (AvgIpc) is 2.97. The Labute approximate surface area is 169 Å². The van der Waals surface area contributed by atoms with Crippen molar-refractivity contribution in [3.05, 3.63) is 11.3 Å². The van der Waals surface area contributed by atoms with E-state index in [2.05, 4.69) is 19.7 Å². The van der Waals surface area contributed by atoms with Crippen LogP contribution >= 0.6 is 0 Å². The molecule has 162 valence electrons. The molecule has 1 aliphatic rings. The molecule has 0 spiro atoms. The highest BCUT2D eigenvalue weighted by molar-refractivity contribution is 6.02. The van der Waals surface area contributed by atoms with Gasteiger partial charge in [-0.15, -0.1) is 5.11 Å². The quantitative estimate of drug-likeness (QED) is 0.437. The SMILES string of the molecule is COC(=O)C(C)(C)COC(=O)C1=C(C(=O)OCC(C)(C)C(=O)OC)C(C)(C)N=N1. The van der Waals surface area contributed by atoms with Crippen molar-refractivity contribution in [1.82, 2.24) is 0 Å². The molecule has 0 unspecified atom stereocenters. The minimum atomic E-state index is -1.13. The predicted molar refractivity (Wildman–Crippen MR) is 99.5 cm³/mol. The van der Waals surface area contributed by atoms with Gasteiger partial charge in [0.05, 0.1) is 25.0 Å². The Morgan fingerprint density at radius 3 is 1.66 bits per heavy atom. The zero-order valence-corrected chi connectivity index (χ0v) is 18.1. The van der Waals surface area contributed by atoms with Crippen molar-refractivity contribution < 1.29 is 38.1 Å². The normalized spacial score (nSPS) is 15.7. The maximum Gasteiger partial charge on any atom is 0.359 e. The Bertz CT molecular complexity index is 762. The lowest BCUT2D eigenvalue weighted by Gasteiger charge is -2.23. The second-order valence-electron chi connectivity index (χ2n) is 8.39. The number of carbonyl (C=O) groups excluding carboxylic acids is 4. The summed E-state index contributed by atoms with van der Waals surface area (Å²) in [7, 11) is 2.46. The molecule has 0 aromatic heterocycles. The van der Waals surface area contributed by atoms with Crippen molar-refractivity contribution in [2.75, 3.05) is 27.4 Å². The Hall–Kier alpha value is -2.78. The van der Waals surface area contributed by atoms with Gasteiger partial charge >= 0.3 is 23.9 Å². The average molecular weight is 412 g/mol. The minimum absolute atomic E-state index is 0.0981. The summed E-state index contributed by atoms with van der Waals surface area (Å²) < 4.78 is 19.7. The fourth-order valence-corrected chi connectivity index (χ4v) is 2.36. The maximum absolute atomic E-state index is 12.7. The van der Waals surface area contributed by atoms with Crippen molar-refractivity contribution >= 4 is 23.9 Å². The number of hydrogen-bond acceptors (Lipinski definition) is 10. The van der Waals surface area contributed by atoms with Gasteiger partial charge in [-0.3, -0.25) is 9.59 Å². The van der Waals surface area contributed by atoms with Crippen LogP contribution in [0, 0.1) is 10.8 Å². The molecule has 1 rings (SSSR count). The third-order valence-electron chi connectivity index (χ3n) is 4.25. The summed E-state index contributed by atoms with van der Waals surface area (Å²) in [6, 6.07) is 0. The second kappa shape index (κ2) is 8.71. The number of carbonyl (C=O) groups is 4. The highest BCUT2D eigenvalue weighted by atomic mass is 16.6. The number of rotatable bonds is 8. The van der Waals surface area contributed by atoms with Crippen LogP contribution in [0.1, 0.15) is 41.5 Å². The molecular formula is C19H28N2O8. The van der Waals surface area contributed by atoms with Crippen LogP contribution in [0.5, 0.6) is 0 Å². The van der Waals surface area contributed by atoms with Crippen molar-refractivity contribution in [2.45, 2.75) is 47.1 Å². The summed E-state index contributed by atoms with van der Waals surface area (Å²) >= 11 is 0. The molecule has 10 nitrogen and oxygen atoms in total. The first-order valence-electron chi connectivity index (χ1n) is 8.88. The molecule has 29 heavy (non-hydrogen) atoms. The van der Waals surface area contributed by atoms with Gasteiger partial charge in [-0.1, -0.05) is 0 Å². The van der Waals surface area contributed by atoms with Crippen molar-refractivity contribution in [1.29, 1.82) is 0 Å². The van der Waals surface area contributed by atoms with Crippen molar-refractivity contribution in [3.8, 4) is 0 Å². The van der Waals surface area contributed by atoms with Gasteiger partial charge < -0.3 is 18.9 Å². The van der Waals surface area contributed by atoms with E-state index in [1.54, 1.807) is 41.5 Å². The van der Waals surface area contributed by atoms with Gasteiger partial charge in [-0.25, -0.2) is 9.59 Å². The van der Waals surface area contributed by atoms with E-state index < -0.39 is 40.2 Å². The molecule has 0 aromatic carbocycles. The Morgan fingerprint density at radius 2 is 1.24 bits per heavy atom. The fourth-order valence-electron chi connectivity index (χ4n) is 2.36. The van der Waals surface area contributed by atoms with E-state index in [9.17, 15) is 19.2 Å². The first-order valence-corrected chi connectivity index (χ1v) is 8.88. The van der Waals surface area contributed by atoms with Crippen LogP contribution in [0.4, 0.5) is 0 Å². The van der Waals surface area contributed by atoms with E-state index in [-0.39, 0.29) is 24.5 Å². The topological polar surface area (TPSA) is 130 Å². The van der Waals surface area contributed by atoms with E-state index in [0.717, 1.165) is 0 Å². The molecule has 1 aliphatic heterocycles. The molecule has 0 bridgehead atoms. The monoisotopic (exact) mass is 412 g/mol. The number of nitrogens with zero attached hydrogens (tertiary/aromatic N) is 2.